The molecule has 0 saturated carbocycles. The van der Waals surface area contributed by atoms with Gasteiger partial charge >= 0.3 is 0 Å². The number of halogens is 2. The van der Waals surface area contributed by atoms with Crippen LogP contribution in [0.2, 0.25) is 0 Å². The number of pyridine rings is 1. The first-order valence-corrected chi connectivity index (χ1v) is 4.39. The molecule has 1 aliphatic heterocycles. The third-order valence-corrected chi connectivity index (χ3v) is 2.17. The molecular formula is C10H8F2N2O. The predicted molar refractivity (Wildman–Crippen MR) is 49.8 cm³/mol. The van der Waals surface area contributed by atoms with Crippen LogP contribution in [-0.4, -0.2) is 29.4 Å². The largest absolute Gasteiger partial charge is 0.337 e. The summed E-state index contributed by atoms with van der Waals surface area (Å²) >= 11 is 0. The molecule has 0 bridgehead atoms. The van der Waals surface area contributed by atoms with Gasteiger partial charge in [0.05, 0.1) is 6.20 Å². The van der Waals surface area contributed by atoms with E-state index in [1.165, 1.54) is 4.90 Å². The van der Waals surface area contributed by atoms with E-state index >= 15 is 0 Å². The number of hydrogen-bond donors (Lipinski definition) is 0. The molecule has 0 atom stereocenters. The summed E-state index contributed by atoms with van der Waals surface area (Å²) in [5.74, 6) is -1.27. The Kier molecular flexibility index (Phi) is 2.45. The number of carbonyl (C=O) groups is 1. The fourth-order valence-corrected chi connectivity index (χ4v) is 1.40. The quantitative estimate of drug-likeness (QED) is 0.543. The van der Waals surface area contributed by atoms with E-state index in [0.717, 1.165) is 24.2 Å². The first-order chi connectivity index (χ1) is 7.19. The van der Waals surface area contributed by atoms with Gasteiger partial charge in [0.1, 0.15) is 5.82 Å². The Balaban J connectivity index is 2.18. The van der Waals surface area contributed by atoms with Crippen molar-refractivity contribution in [1.82, 2.24) is 9.88 Å². The molecule has 0 radical (unpaired) electrons. The molecule has 3 nitrogen and oxygen atoms in total. The summed E-state index contributed by atoms with van der Waals surface area (Å²) in [6.45, 7) is 0.958. The van der Waals surface area contributed by atoms with Crippen molar-refractivity contribution < 1.29 is 13.6 Å². The Labute approximate surface area is 85.0 Å². The smallest absolute Gasteiger partial charge is 0.213 e. The average molecular weight is 210 g/mol. The lowest BCUT2D eigenvalue weighted by atomic mass is 10.1. The fraction of sp³-hybridized carbons (Fsp3) is 0.200. The summed E-state index contributed by atoms with van der Waals surface area (Å²) in [6, 6.07) is 1.03. The van der Waals surface area contributed by atoms with Crippen LogP contribution in [0.4, 0.5) is 8.78 Å². The van der Waals surface area contributed by atoms with E-state index in [0.29, 0.717) is 13.1 Å². The number of aromatic nitrogens is 1. The zero-order valence-electron chi connectivity index (χ0n) is 7.78. The van der Waals surface area contributed by atoms with Crippen LogP contribution in [-0.2, 0) is 4.79 Å². The highest BCUT2D eigenvalue weighted by atomic mass is 19.1. The summed E-state index contributed by atoms with van der Waals surface area (Å²) in [6.07, 6.45) is 3.11. The normalized spacial score (nSPS) is 14.8. The first-order valence-electron chi connectivity index (χ1n) is 4.39. The molecule has 0 unspecified atom stereocenters. The monoisotopic (exact) mass is 210 g/mol. The summed E-state index contributed by atoms with van der Waals surface area (Å²) in [5, 5.41) is 0. The van der Waals surface area contributed by atoms with Gasteiger partial charge in [-0.2, -0.15) is 4.39 Å². The maximum atomic E-state index is 13.1. The minimum atomic E-state index is -0.713. The van der Waals surface area contributed by atoms with E-state index in [4.69, 9.17) is 0 Å². The van der Waals surface area contributed by atoms with Gasteiger partial charge in [0.2, 0.25) is 12.4 Å². The maximum Gasteiger partial charge on any atom is 0.213 e. The SMILES string of the molecule is O=CN1CC(=Cc2cc(F)ncc2F)C1. The van der Waals surface area contributed by atoms with Gasteiger partial charge in [-0.15, -0.1) is 0 Å². The standard InChI is InChI=1S/C10H8F2N2O/c11-9-3-13-10(12)2-8(9)1-7-4-14(5-7)6-15/h1-3,6H,4-5H2. The molecule has 15 heavy (non-hydrogen) atoms. The van der Waals surface area contributed by atoms with Gasteiger partial charge in [0.15, 0.2) is 0 Å². The summed E-state index contributed by atoms with van der Waals surface area (Å²) in [7, 11) is 0. The molecule has 2 heterocycles. The lowest BCUT2D eigenvalue weighted by Gasteiger charge is -2.30. The Bertz CT molecular complexity index is 423. The van der Waals surface area contributed by atoms with Gasteiger partial charge in [-0.1, -0.05) is 0 Å². The molecule has 1 aromatic heterocycles. The van der Waals surface area contributed by atoms with Crippen LogP contribution >= 0.6 is 0 Å². The summed E-state index contributed by atoms with van der Waals surface area (Å²) < 4.78 is 25.8. The fourth-order valence-electron chi connectivity index (χ4n) is 1.40. The summed E-state index contributed by atoms with van der Waals surface area (Å²) in [4.78, 5) is 15.0. The number of hydrogen-bond acceptors (Lipinski definition) is 2. The van der Waals surface area contributed by atoms with Crippen LogP contribution in [0, 0.1) is 11.8 Å². The zero-order valence-corrected chi connectivity index (χ0v) is 7.78. The van der Waals surface area contributed by atoms with E-state index in [1.54, 1.807) is 6.08 Å². The van der Waals surface area contributed by atoms with Gasteiger partial charge in [0.25, 0.3) is 0 Å². The first kappa shape index (κ1) is 9.76. The van der Waals surface area contributed by atoms with Crippen molar-refractivity contribution in [2.75, 3.05) is 13.1 Å². The van der Waals surface area contributed by atoms with Gasteiger partial charge in [-0.05, 0) is 11.6 Å². The van der Waals surface area contributed by atoms with Crippen molar-refractivity contribution in [2.24, 2.45) is 0 Å². The molecule has 5 heteroatoms. The highest BCUT2D eigenvalue weighted by Crippen LogP contribution is 2.18. The van der Waals surface area contributed by atoms with Crippen LogP contribution in [0.5, 0.6) is 0 Å². The molecule has 0 aliphatic carbocycles. The highest BCUT2D eigenvalue weighted by molar-refractivity contribution is 5.60. The van der Waals surface area contributed by atoms with E-state index < -0.39 is 11.8 Å². The third-order valence-electron chi connectivity index (χ3n) is 2.17. The number of nitrogens with zero attached hydrogens (tertiary/aromatic N) is 2. The Morgan fingerprint density at radius 2 is 2.13 bits per heavy atom. The molecule has 1 aromatic rings. The number of amides is 1. The van der Waals surface area contributed by atoms with E-state index in [-0.39, 0.29) is 5.56 Å². The predicted octanol–water partition coefficient (Wildman–Crippen LogP) is 1.22. The van der Waals surface area contributed by atoms with Crippen molar-refractivity contribution in [3.8, 4) is 0 Å². The van der Waals surface area contributed by atoms with Crippen LogP contribution in [0.3, 0.4) is 0 Å². The minimum absolute atomic E-state index is 0.169. The van der Waals surface area contributed by atoms with Crippen molar-refractivity contribution in [3.63, 3.8) is 0 Å². The Hall–Kier alpha value is -1.78. The van der Waals surface area contributed by atoms with Gasteiger partial charge in [-0.25, -0.2) is 9.37 Å². The van der Waals surface area contributed by atoms with E-state index in [1.807, 2.05) is 0 Å². The molecule has 78 valence electrons. The molecule has 2 rings (SSSR count). The van der Waals surface area contributed by atoms with Crippen LogP contribution in [0.25, 0.3) is 6.08 Å². The van der Waals surface area contributed by atoms with Gasteiger partial charge < -0.3 is 4.90 Å². The van der Waals surface area contributed by atoms with E-state index in [2.05, 4.69) is 4.98 Å². The topological polar surface area (TPSA) is 33.2 Å². The van der Waals surface area contributed by atoms with E-state index in [9.17, 15) is 13.6 Å². The lowest BCUT2D eigenvalue weighted by molar-refractivity contribution is -0.119. The second kappa shape index (κ2) is 3.76. The molecule has 1 saturated heterocycles. The molecule has 0 spiro atoms. The zero-order chi connectivity index (χ0) is 10.8. The third kappa shape index (κ3) is 2.01. The number of carbonyl (C=O) groups excluding carboxylic acids is 1. The Morgan fingerprint density at radius 1 is 1.40 bits per heavy atom. The second-order valence-electron chi connectivity index (χ2n) is 3.34. The van der Waals surface area contributed by atoms with Crippen molar-refractivity contribution in [1.29, 1.82) is 0 Å². The molecular weight excluding hydrogens is 202 g/mol. The highest BCUT2D eigenvalue weighted by Gasteiger charge is 2.18. The molecule has 0 N–H and O–H groups in total. The van der Waals surface area contributed by atoms with Crippen molar-refractivity contribution >= 4 is 12.5 Å². The van der Waals surface area contributed by atoms with Crippen molar-refractivity contribution in [2.45, 2.75) is 0 Å². The Morgan fingerprint density at radius 3 is 2.80 bits per heavy atom. The maximum absolute atomic E-state index is 13.1. The summed E-state index contributed by atoms with van der Waals surface area (Å²) in [5.41, 5.74) is 1.06. The number of likely N-dealkylation sites (tertiary alicyclic amines) is 1. The molecule has 1 fully saturated rings. The lowest BCUT2D eigenvalue weighted by Crippen LogP contribution is -2.38. The molecule has 1 amide bonds. The van der Waals surface area contributed by atoms with Gasteiger partial charge in [0, 0.05) is 24.7 Å². The molecule has 0 aromatic carbocycles. The second-order valence-corrected chi connectivity index (χ2v) is 3.34. The van der Waals surface area contributed by atoms with Crippen molar-refractivity contribution in [3.05, 3.63) is 35.2 Å². The van der Waals surface area contributed by atoms with Gasteiger partial charge in [-0.3, -0.25) is 4.79 Å². The van der Waals surface area contributed by atoms with Crippen LogP contribution in [0.15, 0.2) is 17.8 Å². The number of rotatable bonds is 2. The van der Waals surface area contributed by atoms with Crippen LogP contribution in [0.1, 0.15) is 5.56 Å². The average Bonchev–Trinajstić information content (AvgIpc) is 2.16. The van der Waals surface area contributed by atoms with Crippen LogP contribution < -0.4 is 0 Å². The molecule has 1 aliphatic rings. The minimum Gasteiger partial charge on any atom is -0.337 e.